The van der Waals surface area contributed by atoms with Crippen LogP contribution in [-0.2, 0) is 21.4 Å². The zero-order valence-electron chi connectivity index (χ0n) is 12.2. The number of carboxylic acid groups (broad SMARTS) is 1. The summed E-state index contributed by atoms with van der Waals surface area (Å²) >= 11 is 0. The molecule has 1 aliphatic carbocycles. The maximum Gasteiger partial charge on any atom is 0.306 e. The number of hydrogen-bond acceptors (Lipinski definition) is 4. The topological polar surface area (TPSA) is 101 Å². The number of carbonyl (C=O) groups is 1. The lowest BCUT2D eigenvalue weighted by molar-refractivity contribution is -0.141. The normalized spacial score (nSPS) is 22.6. The van der Waals surface area contributed by atoms with E-state index in [2.05, 4.69) is 9.71 Å². The van der Waals surface area contributed by atoms with Gasteiger partial charge in [0.25, 0.3) is 10.0 Å². The van der Waals surface area contributed by atoms with Gasteiger partial charge in [-0.1, -0.05) is 6.92 Å². The molecule has 1 aromatic rings. The molecule has 2 N–H and O–H groups in total. The molecule has 1 aromatic heterocycles. The van der Waals surface area contributed by atoms with E-state index in [1.165, 1.54) is 6.20 Å². The molecule has 0 radical (unpaired) electrons. The van der Waals surface area contributed by atoms with Gasteiger partial charge < -0.3 is 9.67 Å². The number of aromatic nitrogens is 2. The van der Waals surface area contributed by atoms with Gasteiger partial charge in [-0.25, -0.2) is 18.1 Å². The van der Waals surface area contributed by atoms with Crippen LogP contribution in [0, 0.1) is 12.8 Å². The van der Waals surface area contributed by atoms with Crippen LogP contribution in [0.15, 0.2) is 11.2 Å². The highest BCUT2D eigenvalue weighted by molar-refractivity contribution is 7.89. The highest BCUT2D eigenvalue weighted by atomic mass is 32.2. The van der Waals surface area contributed by atoms with Crippen molar-refractivity contribution < 1.29 is 18.3 Å². The number of carboxylic acids is 1. The Labute approximate surface area is 124 Å². The molecule has 0 aromatic carbocycles. The van der Waals surface area contributed by atoms with Crippen LogP contribution < -0.4 is 4.72 Å². The van der Waals surface area contributed by atoms with Gasteiger partial charge >= 0.3 is 5.97 Å². The molecule has 0 amide bonds. The number of aryl methyl sites for hydroxylation is 2. The lowest BCUT2D eigenvalue weighted by Crippen LogP contribution is -2.33. The van der Waals surface area contributed by atoms with Crippen molar-refractivity contribution in [2.75, 3.05) is 0 Å². The Morgan fingerprint density at radius 3 is 2.81 bits per heavy atom. The molecule has 1 fully saturated rings. The van der Waals surface area contributed by atoms with Crippen LogP contribution in [0.1, 0.15) is 38.4 Å². The van der Waals surface area contributed by atoms with Gasteiger partial charge in [-0.3, -0.25) is 4.79 Å². The highest BCUT2D eigenvalue weighted by Crippen LogP contribution is 2.26. The molecule has 1 heterocycles. The molecule has 2 rings (SSSR count). The number of hydrogen-bond donors (Lipinski definition) is 2. The Kier molecular flexibility index (Phi) is 4.67. The third-order valence-electron chi connectivity index (χ3n) is 3.80. The maximum absolute atomic E-state index is 12.3. The van der Waals surface area contributed by atoms with Crippen molar-refractivity contribution >= 4 is 16.0 Å². The van der Waals surface area contributed by atoms with Crippen molar-refractivity contribution in [3.63, 3.8) is 0 Å². The quantitative estimate of drug-likeness (QED) is 0.819. The minimum Gasteiger partial charge on any atom is -0.481 e. The molecule has 1 aliphatic rings. The van der Waals surface area contributed by atoms with Gasteiger partial charge in [0.05, 0.1) is 5.92 Å². The third-order valence-corrected chi connectivity index (χ3v) is 5.19. The van der Waals surface area contributed by atoms with Gasteiger partial charge in [0.15, 0.2) is 5.03 Å². The summed E-state index contributed by atoms with van der Waals surface area (Å²) in [6, 6.07) is -0.326. The van der Waals surface area contributed by atoms with Crippen molar-refractivity contribution in [1.29, 1.82) is 0 Å². The van der Waals surface area contributed by atoms with E-state index in [9.17, 15) is 13.2 Å². The van der Waals surface area contributed by atoms with E-state index in [1.54, 1.807) is 6.92 Å². The second kappa shape index (κ2) is 6.15. The first-order valence-electron chi connectivity index (χ1n) is 7.12. The second-order valence-electron chi connectivity index (χ2n) is 5.49. The van der Waals surface area contributed by atoms with Gasteiger partial charge in [-0.15, -0.1) is 0 Å². The molecule has 8 heteroatoms. The van der Waals surface area contributed by atoms with E-state index in [4.69, 9.17) is 5.11 Å². The number of aliphatic carboxylic acids is 1. The predicted octanol–water partition coefficient (Wildman–Crippen LogP) is 1.13. The van der Waals surface area contributed by atoms with Gasteiger partial charge in [0.2, 0.25) is 0 Å². The second-order valence-corrected chi connectivity index (χ2v) is 7.15. The number of nitrogens with one attached hydrogen (secondary N) is 1. The van der Waals surface area contributed by atoms with Gasteiger partial charge in [-0.05, 0) is 32.6 Å². The number of nitrogens with zero attached hydrogens (tertiary/aromatic N) is 2. The summed E-state index contributed by atoms with van der Waals surface area (Å²) in [5.41, 5.74) is 0. The van der Waals surface area contributed by atoms with E-state index in [0.717, 1.165) is 13.0 Å². The Morgan fingerprint density at radius 2 is 2.24 bits per heavy atom. The van der Waals surface area contributed by atoms with Crippen LogP contribution in [0.4, 0.5) is 0 Å². The predicted molar refractivity (Wildman–Crippen MR) is 76.3 cm³/mol. The fourth-order valence-corrected chi connectivity index (χ4v) is 3.96. The first-order chi connectivity index (χ1) is 9.83. The van der Waals surface area contributed by atoms with Crippen molar-refractivity contribution in [1.82, 2.24) is 14.3 Å². The zero-order chi connectivity index (χ0) is 15.6. The number of rotatable bonds is 6. The fourth-order valence-electron chi connectivity index (χ4n) is 2.67. The molecule has 0 spiro atoms. The summed E-state index contributed by atoms with van der Waals surface area (Å²) in [6.45, 7) is 4.50. The summed E-state index contributed by atoms with van der Waals surface area (Å²) in [4.78, 5) is 15.0. The van der Waals surface area contributed by atoms with Crippen LogP contribution >= 0.6 is 0 Å². The first-order valence-corrected chi connectivity index (χ1v) is 8.60. The van der Waals surface area contributed by atoms with Crippen molar-refractivity contribution in [3.05, 3.63) is 12.0 Å². The molecule has 0 aliphatic heterocycles. The Bertz CT molecular complexity index is 623. The molecule has 21 heavy (non-hydrogen) atoms. The largest absolute Gasteiger partial charge is 0.481 e. The average molecular weight is 315 g/mol. The molecule has 0 bridgehead atoms. The van der Waals surface area contributed by atoms with Gasteiger partial charge in [0, 0.05) is 18.8 Å². The average Bonchev–Trinajstić information content (AvgIpc) is 2.98. The number of sulfonamides is 1. The third kappa shape index (κ3) is 3.62. The van der Waals surface area contributed by atoms with Crippen LogP contribution in [0.5, 0.6) is 0 Å². The Hall–Kier alpha value is -1.41. The van der Waals surface area contributed by atoms with E-state index in [0.29, 0.717) is 25.1 Å². The Morgan fingerprint density at radius 1 is 1.52 bits per heavy atom. The molecule has 2 atom stereocenters. The summed E-state index contributed by atoms with van der Waals surface area (Å²) in [5.74, 6) is -0.663. The van der Waals surface area contributed by atoms with Crippen LogP contribution in [0.25, 0.3) is 0 Å². The summed E-state index contributed by atoms with van der Waals surface area (Å²) in [7, 11) is -3.69. The molecule has 0 saturated heterocycles. The van der Waals surface area contributed by atoms with E-state index >= 15 is 0 Å². The van der Waals surface area contributed by atoms with E-state index < -0.39 is 21.9 Å². The first kappa shape index (κ1) is 16.0. The minimum absolute atomic E-state index is 0.00669. The van der Waals surface area contributed by atoms with Crippen LogP contribution in [0.3, 0.4) is 0 Å². The lowest BCUT2D eigenvalue weighted by atomic mass is 10.1. The van der Waals surface area contributed by atoms with E-state index in [1.807, 2.05) is 11.5 Å². The lowest BCUT2D eigenvalue weighted by Gasteiger charge is -2.11. The summed E-state index contributed by atoms with van der Waals surface area (Å²) < 4.78 is 29.0. The SMILES string of the molecule is CCCn1cc(S(=O)(=O)N[C@H]2CC[C@@H](C(=O)O)C2)nc1C. The minimum atomic E-state index is -3.69. The summed E-state index contributed by atoms with van der Waals surface area (Å²) in [6.07, 6.45) is 3.82. The van der Waals surface area contributed by atoms with Crippen molar-refractivity contribution in [3.8, 4) is 0 Å². The monoisotopic (exact) mass is 315 g/mol. The molecule has 7 nitrogen and oxygen atoms in total. The van der Waals surface area contributed by atoms with Crippen LogP contribution in [-0.4, -0.2) is 35.1 Å². The maximum atomic E-state index is 12.3. The standard InChI is InChI=1S/C13H21N3O4S/c1-3-6-16-8-12(14-9(16)2)21(19,20)15-11-5-4-10(7-11)13(17)18/h8,10-11,15H,3-7H2,1-2H3,(H,17,18)/t10-,11+/m1/s1. The molecule has 118 valence electrons. The molecule has 1 saturated carbocycles. The van der Waals surface area contributed by atoms with Crippen molar-refractivity contribution in [2.24, 2.45) is 5.92 Å². The van der Waals surface area contributed by atoms with Gasteiger partial charge in [-0.2, -0.15) is 0 Å². The molecular formula is C13H21N3O4S. The Balaban J connectivity index is 2.09. The fraction of sp³-hybridized carbons (Fsp3) is 0.692. The number of imidazole rings is 1. The van der Waals surface area contributed by atoms with E-state index in [-0.39, 0.29) is 11.1 Å². The highest BCUT2D eigenvalue weighted by Gasteiger charge is 2.33. The summed E-state index contributed by atoms with van der Waals surface area (Å²) in [5, 5.41) is 8.96. The van der Waals surface area contributed by atoms with Crippen molar-refractivity contribution in [2.45, 2.75) is 57.1 Å². The smallest absolute Gasteiger partial charge is 0.306 e. The molecule has 0 unspecified atom stereocenters. The van der Waals surface area contributed by atoms with Crippen LogP contribution in [0.2, 0.25) is 0 Å². The zero-order valence-corrected chi connectivity index (χ0v) is 13.1. The van der Waals surface area contributed by atoms with Gasteiger partial charge in [0.1, 0.15) is 5.82 Å². The molecular weight excluding hydrogens is 294 g/mol.